The molecule has 2 amide bonds. The lowest BCUT2D eigenvalue weighted by Gasteiger charge is -2.40. The fraction of sp³-hybridized carbons (Fsp3) is 0.385. The Labute approximate surface area is 209 Å². The number of aryl methyl sites for hydroxylation is 2. The number of halogens is 1. The molecule has 0 spiro atoms. The maximum Gasteiger partial charge on any atom is 0.257 e. The summed E-state index contributed by atoms with van der Waals surface area (Å²) in [5.74, 6) is 0.805. The number of carbonyl (C=O) groups excluding carboxylic acids is 2. The van der Waals surface area contributed by atoms with Crippen LogP contribution in [0.25, 0.3) is 5.69 Å². The van der Waals surface area contributed by atoms with Gasteiger partial charge in [0.05, 0.1) is 11.3 Å². The Morgan fingerprint density at radius 2 is 1.80 bits per heavy atom. The highest BCUT2D eigenvalue weighted by atomic mass is 32.2. The van der Waals surface area contributed by atoms with Gasteiger partial charge < -0.3 is 9.80 Å². The molecule has 1 saturated heterocycles. The first-order valence-electron chi connectivity index (χ1n) is 11.8. The molecule has 1 fully saturated rings. The van der Waals surface area contributed by atoms with E-state index in [1.165, 1.54) is 12.1 Å². The Kier molecular flexibility index (Phi) is 7.85. The molecule has 35 heavy (non-hydrogen) atoms. The molecular formula is C26H30FN5O2S. The molecule has 0 radical (unpaired) electrons. The average molecular weight is 496 g/mol. The Morgan fingerprint density at radius 3 is 2.54 bits per heavy atom. The summed E-state index contributed by atoms with van der Waals surface area (Å²) in [6.45, 7) is 7.20. The zero-order chi connectivity index (χ0) is 24.9. The number of hydrogen-bond donors (Lipinski definition) is 0. The minimum atomic E-state index is -0.519. The molecule has 0 aliphatic carbocycles. The summed E-state index contributed by atoms with van der Waals surface area (Å²) in [7, 11) is 0. The van der Waals surface area contributed by atoms with Gasteiger partial charge in [-0.05, 0) is 51.0 Å². The van der Waals surface area contributed by atoms with E-state index >= 15 is 0 Å². The molecule has 0 saturated carbocycles. The van der Waals surface area contributed by atoms with Crippen LogP contribution in [0.1, 0.15) is 41.5 Å². The average Bonchev–Trinajstić information content (AvgIpc) is 3.21. The summed E-state index contributed by atoms with van der Waals surface area (Å²) < 4.78 is 16.1. The van der Waals surface area contributed by atoms with Crippen molar-refractivity contribution in [3.8, 4) is 5.69 Å². The third-order valence-electron chi connectivity index (χ3n) is 6.26. The predicted molar refractivity (Wildman–Crippen MR) is 134 cm³/mol. The smallest absolute Gasteiger partial charge is 0.257 e. The van der Waals surface area contributed by atoms with Crippen LogP contribution in [0.5, 0.6) is 0 Å². The second-order valence-electron chi connectivity index (χ2n) is 8.77. The fourth-order valence-electron chi connectivity index (χ4n) is 4.35. The van der Waals surface area contributed by atoms with Crippen LogP contribution in [0.3, 0.4) is 0 Å². The standard InChI is InChI=1S/C26H30FN5O2S/c1-18-9-4-7-12-23(18)32-20(3)28-29-26(32)35-16-8-13-24(33)30-14-15-31(19(2)17-30)25(34)21-10-5-6-11-22(21)27/h4-7,9-12,19H,8,13-17H2,1-3H3. The molecule has 4 rings (SSSR count). The molecule has 184 valence electrons. The van der Waals surface area contributed by atoms with Crippen LogP contribution in [0.2, 0.25) is 0 Å². The van der Waals surface area contributed by atoms with Gasteiger partial charge in [-0.2, -0.15) is 0 Å². The first kappa shape index (κ1) is 24.9. The van der Waals surface area contributed by atoms with Crippen LogP contribution in [-0.4, -0.2) is 67.8 Å². The van der Waals surface area contributed by atoms with Crippen molar-refractivity contribution in [2.75, 3.05) is 25.4 Å². The largest absolute Gasteiger partial charge is 0.339 e. The topological polar surface area (TPSA) is 71.3 Å². The first-order chi connectivity index (χ1) is 16.9. The van der Waals surface area contributed by atoms with Crippen molar-refractivity contribution >= 4 is 23.6 Å². The van der Waals surface area contributed by atoms with Crippen LogP contribution in [0.4, 0.5) is 4.39 Å². The van der Waals surface area contributed by atoms with Gasteiger partial charge in [-0.15, -0.1) is 10.2 Å². The second-order valence-corrected chi connectivity index (χ2v) is 9.83. The van der Waals surface area contributed by atoms with Crippen molar-refractivity contribution in [3.05, 3.63) is 71.3 Å². The third-order valence-corrected chi connectivity index (χ3v) is 7.28. The number of benzene rings is 2. The Hall–Kier alpha value is -3.20. The van der Waals surface area contributed by atoms with E-state index in [1.54, 1.807) is 33.7 Å². The van der Waals surface area contributed by atoms with Gasteiger partial charge in [-0.25, -0.2) is 4.39 Å². The van der Waals surface area contributed by atoms with Gasteiger partial charge in [0.1, 0.15) is 11.6 Å². The molecular weight excluding hydrogens is 465 g/mol. The lowest BCUT2D eigenvalue weighted by atomic mass is 10.1. The predicted octanol–water partition coefficient (Wildman–Crippen LogP) is 4.27. The SMILES string of the molecule is Cc1ccccc1-n1c(C)nnc1SCCCC(=O)N1CCN(C(=O)c2ccccc2F)C(C)C1. The minimum absolute atomic E-state index is 0.0740. The van der Waals surface area contributed by atoms with Gasteiger partial charge in [-0.1, -0.05) is 42.1 Å². The minimum Gasteiger partial charge on any atom is -0.339 e. The number of nitrogens with zero attached hydrogens (tertiary/aromatic N) is 5. The van der Waals surface area contributed by atoms with Gasteiger partial charge >= 0.3 is 0 Å². The van der Waals surface area contributed by atoms with Crippen LogP contribution in [0.15, 0.2) is 53.7 Å². The molecule has 2 aromatic carbocycles. The molecule has 7 nitrogen and oxygen atoms in total. The molecule has 2 heterocycles. The summed E-state index contributed by atoms with van der Waals surface area (Å²) >= 11 is 1.59. The fourth-order valence-corrected chi connectivity index (χ4v) is 5.28. The normalized spacial score (nSPS) is 15.9. The summed E-state index contributed by atoms with van der Waals surface area (Å²) in [5.41, 5.74) is 2.28. The van der Waals surface area contributed by atoms with Crippen molar-refractivity contribution in [1.29, 1.82) is 0 Å². The van der Waals surface area contributed by atoms with Gasteiger partial charge in [-0.3, -0.25) is 14.2 Å². The van der Waals surface area contributed by atoms with E-state index in [0.29, 0.717) is 32.5 Å². The lowest BCUT2D eigenvalue weighted by molar-refractivity contribution is -0.133. The number of hydrogen-bond acceptors (Lipinski definition) is 5. The number of piperazine rings is 1. The van der Waals surface area contributed by atoms with E-state index in [9.17, 15) is 14.0 Å². The molecule has 1 aliphatic heterocycles. The third kappa shape index (κ3) is 5.56. The van der Waals surface area contributed by atoms with Crippen molar-refractivity contribution in [2.45, 2.75) is 44.8 Å². The maximum absolute atomic E-state index is 14.0. The number of thioether (sulfide) groups is 1. The van der Waals surface area contributed by atoms with Gasteiger partial charge in [0.15, 0.2) is 5.16 Å². The molecule has 0 bridgehead atoms. The van der Waals surface area contributed by atoms with Crippen LogP contribution >= 0.6 is 11.8 Å². The van der Waals surface area contributed by atoms with Crippen LogP contribution in [-0.2, 0) is 4.79 Å². The number of amides is 2. The molecule has 1 aliphatic rings. The quantitative estimate of drug-likeness (QED) is 0.362. The van der Waals surface area contributed by atoms with E-state index in [1.807, 2.05) is 26.0 Å². The molecule has 1 aromatic heterocycles. The van der Waals surface area contributed by atoms with Crippen molar-refractivity contribution < 1.29 is 14.0 Å². The molecule has 1 atom stereocenters. The van der Waals surface area contributed by atoms with Crippen molar-refractivity contribution in [2.24, 2.45) is 0 Å². The Morgan fingerprint density at radius 1 is 1.06 bits per heavy atom. The van der Waals surface area contributed by atoms with E-state index in [2.05, 4.69) is 33.8 Å². The highest BCUT2D eigenvalue weighted by Gasteiger charge is 2.31. The monoisotopic (exact) mass is 495 g/mol. The van der Waals surface area contributed by atoms with Gasteiger partial charge in [0.2, 0.25) is 5.91 Å². The Bertz CT molecular complexity index is 1210. The lowest BCUT2D eigenvalue weighted by Crippen LogP contribution is -2.55. The first-order valence-corrected chi connectivity index (χ1v) is 12.8. The van der Waals surface area contributed by atoms with E-state index < -0.39 is 5.82 Å². The number of aromatic nitrogens is 3. The highest BCUT2D eigenvalue weighted by molar-refractivity contribution is 7.99. The summed E-state index contributed by atoms with van der Waals surface area (Å²) in [6, 6.07) is 14.0. The van der Waals surface area contributed by atoms with Gasteiger partial charge in [0.25, 0.3) is 5.91 Å². The number of para-hydroxylation sites is 1. The van der Waals surface area contributed by atoms with Crippen molar-refractivity contribution in [3.63, 3.8) is 0 Å². The zero-order valence-electron chi connectivity index (χ0n) is 20.3. The number of carbonyl (C=O) groups is 2. The molecule has 3 aromatic rings. The summed E-state index contributed by atoms with van der Waals surface area (Å²) in [5, 5.41) is 9.38. The summed E-state index contributed by atoms with van der Waals surface area (Å²) in [4.78, 5) is 29.0. The van der Waals surface area contributed by atoms with E-state index in [4.69, 9.17) is 0 Å². The Balaban J connectivity index is 1.28. The van der Waals surface area contributed by atoms with Crippen LogP contribution in [0, 0.1) is 19.7 Å². The zero-order valence-corrected chi connectivity index (χ0v) is 21.1. The highest BCUT2D eigenvalue weighted by Crippen LogP contribution is 2.25. The van der Waals surface area contributed by atoms with Gasteiger partial charge in [0, 0.05) is 37.8 Å². The molecule has 1 unspecified atom stereocenters. The maximum atomic E-state index is 14.0. The molecule has 9 heteroatoms. The van der Waals surface area contributed by atoms with Crippen molar-refractivity contribution in [1.82, 2.24) is 24.6 Å². The van der Waals surface area contributed by atoms with E-state index in [-0.39, 0.29) is 23.4 Å². The second kappa shape index (κ2) is 11.0. The molecule has 0 N–H and O–H groups in total. The number of rotatable bonds is 7. The van der Waals surface area contributed by atoms with E-state index in [0.717, 1.165) is 28.0 Å². The summed E-state index contributed by atoms with van der Waals surface area (Å²) in [6.07, 6.45) is 1.14. The van der Waals surface area contributed by atoms with Crippen LogP contribution < -0.4 is 0 Å².